The number of ether oxygens (including phenoxy) is 1. The van der Waals surface area contributed by atoms with E-state index in [2.05, 4.69) is 6.92 Å². The number of carboxylic acid groups (broad SMARTS) is 1. The summed E-state index contributed by atoms with van der Waals surface area (Å²) in [6, 6.07) is 6.99. The number of carboxylic acids is 1. The number of unbranched alkanes of at least 4 members (excludes halogenated alkanes) is 3. The van der Waals surface area contributed by atoms with Crippen molar-refractivity contribution in [3.63, 3.8) is 0 Å². The summed E-state index contributed by atoms with van der Waals surface area (Å²) in [6.45, 7) is 4.53. The van der Waals surface area contributed by atoms with Gasteiger partial charge < -0.3 is 14.9 Å². The lowest BCUT2D eigenvalue weighted by atomic mass is 10.0. The van der Waals surface area contributed by atoms with Gasteiger partial charge in [-0.25, -0.2) is 8.42 Å². The Balaban J connectivity index is 2.65. The molecule has 1 rings (SSSR count). The molecule has 0 aliphatic rings. The van der Waals surface area contributed by atoms with Gasteiger partial charge in [-0.3, -0.25) is 9.10 Å². The molecule has 8 heteroatoms. The molecule has 0 spiro atoms. The molecule has 0 saturated carbocycles. The SMILES string of the molecule is CCCCCC(O)c1ccc(N(CCOCCCCC(=O)O)S(=O)(=O)CC)cc1. The van der Waals surface area contributed by atoms with Crippen LogP contribution in [0, 0.1) is 0 Å². The van der Waals surface area contributed by atoms with Crippen molar-refractivity contribution in [1.82, 2.24) is 0 Å². The van der Waals surface area contributed by atoms with E-state index in [1.54, 1.807) is 31.2 Å². The molecule has 29 heavy (non-hydrogen) atoms. The lowest BCUT2D eigenvalue weighted by molar-refractivity contribution is -0.137. The van der Waals surface area contributed by atoms with E-state index >= 15 is 0 Å². The lowest BCUT2D eigenvalue weighted by Crippen LogP contribution is -2.35. The molecule has 1 aromatic carbocycles. The number of nitrogens with zero attached hydrogens (tertiary/aromatic N) is 1. The van der Waals surface area contributed by atoms with E-state index in [1.807, 2.05) is 0 Å². The van der Waals surface area contributed by atoms with Crippen LogP contribution in [0.3, 0.4) is 0 Å². The quantitative estimate of drug-likeness (QED) is 0.388. The van der Waals surface area contributed by atoms with Crippen molar-refractivity contribution in [3.05, 3.63) is 29.8 Å². The van der Waals surface area contributed by atoms with Gasteiger partial charge in [-0.1, -0.05) is 38.3 Å². The Hall–Kier alpha value is -1.64. The van der Waals surface area contributed by atoms with Crippen LogP contribution < -0.4 is 4.31 Å². The Morgan fingerprint density at radius 3 is 2.34 bits per heavy atom. The van der Waals surface area contributed by atoms with Crippen molar-refractivity contribution in [3.8, 4) is 0 Å². The van der Waals surface area contributed by atoms with Crippen LogP contribution in [-0.4, -0.2) is 50.1 Å². The van der Waals surface area contributed by atoms with Crippen LogP contribution in [-0.2, 0) is 19.6 Å². The third-order valence-electron chi connectivity index (χ3n) is 4.72. The lowest BCUT2D eigenvalue weighted by Gasteiger charge is -2.24. The minimum absolute atomic E-state index is 0.0208. The topological polar surface area (TPSA) is 104 Å². The molecule has 0 amide bonds. The number of rotatable bonds is 16. The first-order valence-corrected chi connectivity index (χ1v) is 12.0. The van der Waals surface area contributed by atoms with Gasteiger partial charge in [0.05, 0.1) is 30.7 Å². The highest BCUT2D eigenvalue weighted by Gasteiger charge is 2.20. The van der Waals surface area contributed by atoms with Gasteiger partial charge in [0.1, 0.15) is 0 Å². The van der Waals surface area contributed by atoms with Crippen molar-refractivity contribution < 1.29 is 28.2 Å². The van der Waals surface area contributed by atoms with E-state index in [1.165, 1.54) is 4.31 Å². The Kier molecular flexibility index (Phi) is 11.9. The van der Waals surface area contributed by atoms with Gasteiger partial charge in [0.2, 0.25) is 10.0 Å². The molecule has 1 unspecified atom stereocenters. The number of aliphatic hydroxyl groups is 1. The van der Waals surface area contributed by atoms with Gasteiger partial charge in [0, 0.05) is 13.0 Å². The van der Waals surface area contributed by atoms with Crippen LogP contribution in [0.4, 0.5) is 5.69 Å². The number of hydrogen-bond acceptors (Lipinski definition) is 5. The maximum atomic E-state index is 12.5. The van der Waals surface area contributed by atoms with Crippen molar-refractivity contribution in [1.29, 1.82) is 0 Å². The molecule has 0 saturated heterocycles. The van der Waals surface area contributed by atoms with Gasteiger partial charge in [0.25, 0.3) is 0 Å². The summed E-state index contributed by atoms with van der Waals surface area (Å²) in [6.07, 6.45) is 4.55. The summed E-state index contributed by atoms with van der Waals surface area (Å²) in [4.78, 5) is 10.5. The highest BCUT2D eigenvalue weighted by atomic mass is 32.2. The zero-order chi connectivity index (χ0) is 21.7. The Bertz CT molecular complexity index is 690. The molecule has 0 bridgehead atoms. The first-order valence-electron chi connectivity index (χ1n) is 10.4. The Morgan fingerprint density at radius 1 is 1.07 bits per heavy atom. The van der Waals surface area contributed by atoms with E-state index in [0.29, 0.717) is 31.6 Å². The third kappa shape index (κ3) is 9.60. The summed E-state index contributed by atoms with van der Waals surface area (Å²) < 4.78 is 31.8. The van der Waals surface area contributed by atoms with E-state index < -0.39 is 22.1 Å². The van der Waals surface area contributed by atoms with Crippen LogP contribution >= 0.6 is 0 Å². The van der Waals surface area contributed by atoms with Gasteiger partial charge in [-0.05, 0) is 43.9 Å². The van der Waals surface area contributed by atoms with Gasteiger partial charge >= 0.3 is 5.97 Å². The number of aliphatic hydroxyl groups excluding tert-OH is 1. The number of aliphatic carboxylic acids is 1. The maximum absolute atomic E-state index is 12.5. The molecule has 0 aromatic heterocycles. The monoisotopic (exact) mass is 429 g/mol. The summed E-state index contributed by atoms with van der Waals surface area (Å²) in [5, 5.41) is 18.9. The highest BCUT2D eigenvalue weighted by molar-refractivity contribution is 7.92. The van der Waals surface area contributed by atoms with E-state index in [4.69, 9.17) is 9.84 Å². The predicted octanol–water partition coefficient (Wildman–Crippen LogP) is 3.73. The summed E-state index contributed by atoms with van der Waals surface area (Å²) in [5.74, 6) is -0.850. The molecule has 0 heterocycles. The van der Waals surface area contributed by atoms with Gasteiger partial charge in [-0.2, -0.15) is 0 Å². The minimum Gasteiger partial charge on any atom is -0.481 e. The van der Waals surface area contributed by atoms with Crippen LogP contribution in [0.15, 0.2) is 24.3 Å². The number of anilines is 1. The number of benzene rings is 1. The first-order chi connectivity index (χ1) is 13.8. The number of carbonyl (C=O) groups is 1. The fourth-order valence-electron chi connectivity index (χ4n) is 2.93. The normalized spacial score (nSPS) is 12.7. The summed E-state index contributed by atoms with van der Waals surface area (Å²) >= 11 is 0. The van der Waals surface area contributed by atoms with Crippen LogP contribution in [0.2, 0.25) is 0 Å². The van der Waals surface area contributed by atoms with Gasteiger partial charge in [0.15, 0.2) is 0 Å². The molecule has 1 atom stereocenters. The molecular formula is C21H35NO6S. The maximum Gasteiger partial charge on any atom is 0.303 e. The minimum atomic E-state index is -3.46. The molecule has 1 aromatic rings. The molecule has 0 radical (unpaired) electrons. The second-order valence-corrected chi connectivity index (χ2v) is 9.22. The van der Waals surface area contributed by atoms with Crippen molar-refractivity contribution in [2.75, 3.05) is 29.8 Å². The zero-order valence-corrected chi connectivity index (χ0v) is 18.4. The van der Waals surface area contributed by atoms with E-state index in [9.17, 15) is 18.3 Å². The molecule has 2 N–H and O–H groups in total. The third-order valence-corrected chi connectivity index (χ3v) is 6.51. The number of sulfonamides is 1. The molecular weight excluding hydrogens is 394 g/mol. The molecule has 166 valence electrons. The largest absolute Gasteiger partial charge is 0.481 e. The predicted molar refractivity (Wildman–Crippen MR) is 115 cm³/mol. The first kappa shape index (κ1) is 25.4. The zero-order valence-electron chi connectivity index (χ0n) is 17.5. The molecule has 0 fully saturated rings. The van der Waals surface area contributed by atoms with E-state index in [0.717, 1.165) is 24.8 Å². The second kappa shape index (κ2) is 13.6. The average Bonchev–Trinajstić information content (AvgIpc) is 2.70. The number of hydrogen-bond donors (Lipinski definition) is 2. The Morgan fingerprint density at radius 2 is 1.76 bits per heavy atom. The van der Waals surface area contributed by atoms with Crippen LogP contribution in [0.25, 0.3) is 0 Å². The summed E-state index contributed by atoms with van der Waals surface area (Å²) in [7, 11) is -3.46. The summed E-state index contributed by atoms with van der Waals surface area (Å²) in [5.41, 5.74) is 1.33. The highest BCUT2D eigenvalue weighted by Crippen LogP contribution is 2.24. The molecule has 0 aliphatic carbocycles. The standard InChI is InChI=1S/C21H35NO6S/c1-3-5-6-9-20(23)18-11-13-19(14-12-18)22(29(26,27)4-2)15-17-28-16-8-7-10-21(24)25/h11-14,20,23H,3-10,15-17H2,1-2H3,(H,24,25). The van der Waals surface area contributed by atoms with Crippen LogP contribution in [0.1, 0.15) is 70.5 Å². The van der Waals surface area contributed by atoms with Gasteiger partial charge in [-0.15, -0.1) is 0 Å². The smallest absolute Gasteiger partial charge is 0.303 e. The average molecular weight is 430 g/mol. The van der Waals surface area contributed by atoms with Crippen molar-refractivity contribution in [2.45, 2.75) is 64.9 Å². The van der Waals surface area contributed by atoms with E-state index in [-0.39, 0.29) is 25.3 Å². The molecule has 7 nitrogen and oxygen atoms in total. The fourth-order valence-corrected chi connectivity index (χ4v) is 4.04. The second-order valence-electron chi connectivity index (χ2n) is 7.04. The van der Waals surface area contributed by atoms with Crippen molar-refractivity contribution in [2.24, 2.45) is 0 Å². The fraction of sp³-hybridized carbons (Fsp3) is 0.667. The van der Waals surface area contributed by atoms with Crippen LogP contribution in [0.5, 0.6) is 0 Å². The Labute approximate surface area is 174 Å². The van der Waals surface area contributed by atoms with Crippen molar-refractivity contribution >= 4 is 21.7 Å². The molecule has 0 aliphatic heterocycles.